The number of hydrogen-bond donors (Lipinski definition) is 0. The van der Waals surface area contributed by atoms with E-state index in [0.717, 1.165) is 6.42 Å². The van der Waals surface area contributed by atoms with Crippen molar-refractivity contribution in [2.24, 2.45) is 0 Å². The van der Waals surface area contributed by atoms with Gasteiger partial charge in [0.05, 0.1) is 25.3 Å². The second kappa shape index (κ2) is 4.65. The van der Waals surface area contributed by atoms with E-state index in [1.807, 2.05) is 12.2 Å². The molecule has 0 saturated carbocycles. The Balaban J connectivity index is 2.14. The van der Waals surface area contributed by atoms with Crippen molar-refractivity contribution in [2.75, 3.05) is 13.2 Å². The van der Waals surface area contributed by atoms with E-state index >= 15 is 0 Å². The van der Waals surface area contributed by atoms with Gasteiger partial charge >= 0.3 is 12.2 Å². The topological polar surface area (TPSA) is 59.1 Å². The van der Waals surface area contributed by atoms with Gasteiger partial charge in [-0.1, -0.05) is 12.2 Å². The fraction of sp³-hybridized carbons (Fsp3) is 0.636. The highest BCUT2D eigenvalue weighted by Gasteiger charge is 2.47. The molecule has 0 aromatic heterocycles. The lowest BCUT2D eigenvalue weighted by molar-refractivity contribution is -0.0130. The summed E-state index contributed by atoms with van der Waals surface area (Å²) in [5, 5.41) is 2.68. The number of amides is 2. The standard InChI is InChI=1S/C11H16N2O4/c1-3-16-10(14)12-8-5-6-9(7-8)13(12)11(15)17-4-2/h5-6,8-9H,3-4,7H2,1-2H3/t8-,9-/m1/s1. The molecule has 2 atom stereocenters. The Labute approximate surface area is 99.7 Å². The van der Waals surface area contributed by atoms with Gasteiger partial charge in [-0.2, -0.15) is 0 Å². The third-order valence-electron chi connectivity index (χ3n) is 2.81. The van der Waals surface area contributed by atoms with Crippen LogP contribution in [0, 0.1) is 0 Å². The number of rotatable bonds is 2. The minimum absolute atomic E-state index is 0.0940. The molecule has 0 aromatic rings. The molecule has 1 aliphatic heterocycles. The van der Waals surface area contributed by atoms with Gasteiger partial charge in [0.2, 0.25) is 0 Å². The van der Waals surface area contributed by atoms with Crippen molar-refractivity contribution < 1.29 is 19.1 Å². The van der Waals surface area contributed by atoms with Crippen molar-refractivity contribution in [3.05, 3.63) is 12.2 Å². The molecule has 6 heteroatoms. The predicted molar refractivity (Wildman–Crippen MR) is 59.1 cm³/mol. The minimum atomic E-state index is -0.502. The molecule has 1 saturated heterocycles. The Morgan fingerprint density at radius 2 is 1.47 bits per heavy atom. The zero-order valence-electron chi connectivity index (χ0n) is 9.96. The summed E-state index contributed by atoms with van der Waals surface area (Å²) in [6, 6.07) is -0.188. The van der Waals surface area contributed by atoms with E-state index < -0.39 is 12.2 Å². The lowest BCUT2D eigenvalue weighted by Gasteiger charge is -2.33. The molecule has 2 rings (SSSR count). The average Bonchev–Trinajstić information content (AvgIpc) is 2.89. The van der Waals surface area contributed by atoms with Gasteiger partial charge in [-0.15, -0.1) is 0 Å². The molecule has 0 spiro atoms. The number of nitrogens with zero attached hydrogens (tertiary/aromatic N) is 2. The molecule has 94 valence electrons. The molecule has 0 radical (unpaired) electrons. The molecule has 1 fully saturated rings. The minimum Gasteiger partial charge on any atom is -0.448 e. The van der Waals surface area contributed by atoms with E-state index in [-0.39, 0.29) is 25.3 Å². The summed E-state index contributed by atoms with van der Waals surface area (Å²) in [4.78, 5) is 23.5. The van der Waals surface area contributed by atoms with E-state index in [1.165, 1.54) is 10.0 Å². The fourth-order valence-corrected chi connectivity index (χ4v) is 2.17. The van der Waals surface area contributed by atoms with E-state index in [2.05, 4.69) is 0 Å². The first-order valence-corrected chi connectivity index (χ1v) is 5.79. The van der Waals surface area contributed by atoms with E-state index in [4.69, 9.17) is 9.47 Å². The smallest absolute Gasteiger partial charge is 0.429 e. The summed E-state index contributed by atoms with van der Waals surface area (Å²) in [6.45, 7) is 4.04. The molecule has 2 amide bonds. The summed E-state index contributed by atoms with van der Waals surface area (Å²) in [7, 11) is 0. The lowest BCUT2D eigenvalue weighted by atomic mass is 10.2. The van der Waals surface area contributed by atoms with Gasteiger partial charge in [-0.05, 0) is 20.3 Å². The Morgan fingerprint density at radius 3 is 1.82 bits per heavy atom. The summed E-state index contributed by atoms with van der Waals surface area (Å²) in [6.07, 6.45) is 3.54. The number of hydrogen-bond acceptors (Lipinski definition) is 4. The van der Waals surface area contributed by atoms with Crippen LogP contribution in [0.1, 0.15) is 20.3 Å². The highest BCUT2D eigenvalue weighted by Crippen LogP contribution is 2.33. The molecule has 6 nitrogen and oxygen atoms in total. The van der Waals surface area contributed by atoms with Crippen molar-refractivity contribution >= 4 is 12.2 Å². The fourth-order valence-electron chi connectivity index (χ4n) is 2.17. The largest absolute Gasteiger partial charge is 0.448 e. The van der Waals surface area contributed by atoms with Crippen LogP contribution in [0.25, 0.3) is 0 Å². The molecule has 0 unspecified atom stereocenters. The monoisotopic (exact) mass is 240 g/mol. The highest BCUT2D eigenvalue weighted by atomic mass is 16.6. The van der Waals surface area contributed by atoms with Crippen LogP contribution in [0.15, 0.2) is 12.2 Å². The second-order valence-electron chi connectivity index (χ2n) is 3.84. The van der Waals surface area contributed by atoms with Gasteiger partial charge < -0.3 is 9.47 Å². The Bertz CT molecular complexity index is 323. The molecule has 2 aliphatic rings. The van der Waals surface area contributed by atoms with Crippen molar-refractivity contribution in [1.29, 1.82) is 0 Å². The maximum absolute atomic E-state index is 11.8. The molecule has 2 bridgehead atoms. The highest BCUT2D eigenvalue weighted by molar-refractivity contribution is 5.76. The van der Waals surface area contributed by atoms with Crippen LogP contribution >= 0.6 is 0 Å². The van der Waals surface area contributed by atoms with Gasteiger partial charge in [0.15, 0.2) is 0 Å². The van der Waals surface area contributed by atoms with Crippen LogP contribution in [0.5, 0.6) is 0 Å². The quantitative estimate of drug-likeness (QED) is 0.687. The Morgan fingerprint density at radius 1 is 1.06 bits per heavy atom. The molecular weight excluding hydrogens is 224 g/mol. The first kappa shape index (κ1) is 11.8. The van der Waals surface area contributed by atoms with Crippen LogP contribution in [0.2, 0.25) is 0 Å². The average molecular weight is 240 g/mol. The lowest BCUT2D eigenvalue weighted by Crippen LogP contribution is -2.52. The third-order valence-corrected chi connectivity index (χ3v) is 2.81. The van der Waals surface area contributed by atoms with Crippen LogP contribution in [0.3, 0.4) is 0 Å². The summed E-state index contributed by atoms with van der Waals surface area (Å²) < 4.78 is 9.88. The first-order chi connectivity index (χ1) is 8.19. The van der Waals surface area contributed by atoms with Gasteiger partial charge in [0, 0.05) is 0 Å². The molecule has 1 aliphatic carbocycles. The van der Waals surface area contributed by atoms with Crippen LogP contribution in [0.4, 0.5) is 9.59 Å². The van der Waals surface area contributed by atoms with Crippen molar-refractivity contribution in [1.82, 2.24) is 10.0 Å². The molecule has 0 aromatic carbocycles. The predicted octanol–water partition coefficient (Wildman–Crippen LogP) is 1.53. The van der Waals surface area contributed by atoms with Gasteiger partial charge in [-0.25, -0.2) is 19.6 Å². The normalized spacial score (nSPS) is 25.3. The van der Waals surface area contributed by atoms with Gasteiger partial charge in [0.1, 0.15) is 0 Å². The number of carbonyl (C=O) groups excluding carboxylic acids is 2. The summed E-state index contributed by atoms with van der Waals surface area (Å²) >= 11 is 0. The van der Waals surface area contributed by atoms with Crippen LogP contribution < -0.4 is 0 Å². The number of ether oxygens (including phenoxy) is 2. The van der Waals surface area contributed by atoms with Gasteiger partial charge in [0.25, 0.3) is 0 Å². The SMILES string of the molecule is CCOC(=O)N1[C@@H]2C=C[C@H](C2)N1C(=O)OCC. The maximum Gasteiger partial charge on any atom is 0.429 e. The van der Waals surface area contributed by atoms with E-state index in [0.29, 0.717) is 0 Å². The zero-order chi connectivity index (χ0) is 12.4. The molecule has 0 N–H and O–H groups in total. The first-order valence-electron chi connectivity index (χ1n) is 5.79. The van der Waals surface area contributed by atoms with Crippen molar-refractivity contribution in [2.45, 2.75) is 32.4 Å². The Kier molecular flexibility index (Phi) is 3.21. The van der Waals surface area contributed by atoms with Crippen molar-refractivity contribution in [3.63, 3.8) is 0 Å². The van der Waals surface area contributed by atoms with Gasteiger partial charge in [-0.3, -0.25) is 0 Å². The number of fused-ring (bicyclic) bond motifs is 2. The number of carbonyl (C=O) groups is 2. The molecule has 17 heavy (non-hydrogen) atoms. The third kappa shape index (κ3) is 1.94. The zero-order valence-corrected chi connectivity index (χ0v) is 9.96. The second-order valence-corrected chi connectivity index (χ2v) is 3.84. The van der Waals surface area contributed by atoms with E-state index in [9.17, 15) is 9.59 Å². The summed E-state index contributed by atoms with van der Waals surface area (Å²) in [5.41, 5.74) is 0. The van der Waals surface area contributed by atoms with E-state index in [1.54, 1.807) is 13.8 Å². The maximum atomic E-state index is 11.8. The summed E-state index contributed by atoms with van der Waals surface area (Å²) in [5.74, 6) is 0. The number of hydrazine groups is 1. The van der Waals surface area contributed by atoms with Crippen LogP contribution in [-0.2, 0) is 9.47 Å². The Hall–Kier alpha value is -1.72. The van der Waals surface area contributed by atoms with Crippen LogP contribution in [-0.4, -0.2) is 47.5 Å². The molecule has 1 heterocycles. The molecular formula is C11H16N2O4. The van der Waals surface area contributed by atoms with Crippen molar-refractivity contribution in [3.8, 4) is 0 Å².